The molecule has 0 bridgehead atoms. The van der Waals surface area contributed by atoms with Crippen LogP contribution < -0.4 is 14.8 Å². The van der Waals surface area contributed by atoms with Crippen molar-refractivity contribution in [1.29, 1.82) is 0 Å². The van der Waals surface area contributed by atoms with Crippen LogP contribution in [0.4, 0.5) is 0 Å². The van der Waals surface area contributed by atoms with E-state index in [1.54, 1.807) is 21.3 Å². The molecule has 0 radical (unpaired) electrons. The van der Waals surface area contributed by atoms with E-state index in [0.29, 0.717) is 0 Å². The van der Waals surface area contributed by atoms with Crippen molar-refractivity contribution in [3.05, 3.63) is 23.3 Å². The van der Waals surface area contributed by atoms with Crippen molar-refractivity contribution in [1.82, 2.24) is 10.2 Å². The second kappa shape index (κ2) is 10.5. The van der Waals surface area contributed by atoms with Gasteiger partial charge in [-0.25, -0.2) is 0 Å². The maximum absolute atomic E-state index is 5.83. The lowest BCUT2D eigenvalue weighted by Gasteiger charge is -2.38. The van der Waals surface area contributed by atoms with E-state index in [1.165, 1.54) is 11.1 Å². The van der Waals surface area contributed by atoms with Crippen LogP contribution in [-0.4, -0.2) is 71.1 Å². The van der Waals surface area contributed by atoms with Gasteiger partial charge in [-0.05, 0) is 29.7 Å². The first-order valence-corrected chi connectivity index (χ1v) is 9.47. The van der Waals surface area contributed by atoms with Crippen LogP contribution in [-0.2, 0) is 22.4 Å². The molecule has 0 aliphatic carbocycles. The molecule has 0 amide bonds. The minimum absolute atomic E-state index is 0. The molecule has 1 saturated heterocycles. The number of methoxy groups -OCH3 is 3. The fraction of sp³-hybridized carbons (Fsp3) is 0.650. The fourth-order valence-electron chi connectivity index (χ4n) is 3.83. The maximum atomic E-state index is 5.83. The van der Waals surface area contributed by atoms with E-state index >= 15 is 0 Å². The van der Waals surface area contributed by atoms with Gasteiger partial charge in [0.1, 0.15) is 0 Å². The first kappa shape index (κ1) is 23.0. The molecule has 0 spiro atoms. The summed E-state index contributed by atoms with van der Waals surface area (Å²) < 4.78 is 22.2. The summed E-state index contributed by atoms with van der Waals surface area (Å²) >= 11 is 0. The van der Waals surface area contributed by atoms with Crippen molar-refractivity contribution >= 4 is 29.9 Å². The number of nitrogens with zero attached hydrogens (tertiary/aromatic N) is 2. The molecular formula is C20H32IN3O4. The molecule has 1 aromatic carbocycles. The maximum Gasteiger partial charge on any atom is 0.194 e. The predicted molar refractivity (Wildman–Crippen MR) is 120 cm³/mol. The third-order valence-corrected chi connectivity index (χ3v) is 5.64. The minimum atomic E-state index is -0.182. The standard InChI is InChI=1S/C20H31N3O4.HI/c1-21-19(22-14-20(26-4)6-9-27-10-7-20)23-8-5-15-11-17(24-2)18(25-3)12-16(15)13-23;/h11-12H,5-10,13-14H2,1-4H3,(H,21,22);1H. The molecule has 1 N–H and O–H groups in total. The van der Waals surface area contributed by atoms with E-state index in [1.807, 2.05) is 7.05 Å². The second-order valence-corrected chi connectivity index (χ2v) is 7.05. The Kier molecular flexibility index (Phi) is 8.63. The Morgan fingerprint density at radius 3 is 2.36 bits per heavy atom. The zero-order valence-electron chi connectivity index (χ0n) is 17.2. The number of benzene rings is 1. The lowest BCUT2D eigenvalue weighted by Crippen LogP contribution is -2.52. The van der Waals surface area contributed by atoms with E-state index in [2.05, 4.69) is 27.3 Å². The van der Waals surface area contributed by atoms with Crippen molar-refractivity contribution in [2.75, 3.05) is 54.7 Å². The number of ether oxygens (including phenoxy) is 4. The van der Waals surface area contributed by atoms with Crippen LogP contribution in [0.3, 0.4) is 0 Å². The van der Waals surface area contributed by atoms with Crippen molar-refractivity contribution in [3.63, 3.8) is 0 Å². The second-order valence-electron chi connectivity index (χ2n) is 7.05. The smallest absolute Gasteiger partial charge is 0.194 e. The van der Waals surface area contributed by atoms with Gasteiger partial charge in [-0.15, -0.1) is 24.0 Å². The van der Waals surface area contributed by atoms with E-state index in [-0.39, 0.29) is 29.6 Å². The highest BCUT2D eigenvalue weighted by Crippen LogP contribution is 2.33. The minimum Gasteiger partial charge on any atom is -0.493 e. The zero-order valence-corrected chi connectivity index (χ0v) is 19.6. The third kappa shape index (κ3) is 5.01. The van der Waals surface area contributed by atoms with Gasteiger partial charge >= 0.3 is 0 Å². The molecule has 8 heteroatoms. The average molecular weight is 505 g/mol. The van der Waals surface area contributed by atoms with E-state index < -0.39 is 0 Å². The number of aliphatic imine (C=N–C) groups is 1. The highest BCUT2D eigenvalue weighted by molar-refractivity contribution is 14.0. The SMILES string of the molecule is CN=C(NCC1(OC)CCOCC1)N1CCc2cc(OC)c(OC)cc2C1.I. The molecule has 0 saturated carbocycles. The van der Waals surface area contributed by atoms with Crippen LogP contribution in [0.2, 0.25) is 0 Å². The Labute approximate surface area is 184 Å². The molecule has 2 aliphatic rings. The van der Waals surface area contributed by atoms with Crippen LogP contribution in [0.1, 0.15) is 24.0 Å². The summed E-state index contributed by atoms with van der Waals surface area (Å²) in [5.74, 6) is 2.45. The number of rotatable bonds is 5. The van der Waals surface area contributed by atoms with Gasteiger partial charge in [-0.3, -0.25) is 4.99 Å². The van der Waals surface area contributed by atoms with Crippen LogP contribution in [0, 0.1) is 0 Å². The predicted octanol–water partition coefficient (Wildman–Crippen LogP) is 2.45. The van der Waals surface area contributed by atoms with E-state index in [4.69, 9.17) is 18.9 Å². The van der Waals surface area contributed by atoms with Crippen molar-refractivity contribution < 1.29 is 18.9 Å². The van der Waals surface area contributed by atoms with Gasteiger partial charge in [0.05, 0.1) is 19.8 Å². The molecule has 0 aromatic heterocycles. The van der Waals surface area contributed by atoms with Crippen LogP contribution >= 0.6 is 24.0 Å². The number of guanidine groups is 1. The molecular weight excluding hydrogens is 473 g/mol. The van der Waals surface area contributed by atoms with Crippen LogP contribution in [0.5, 0.6) is 11.5 Å². The molecule has 28 heavy (non-hydrogen) atoms. The summed E-state index contributed by atoms with van der Waals surface area (Å²) in [6, 6.07) is 4.16. The molecule has 1 fully saturated rings. The normalized spacial score (nSPS) is 18.7. The summed E-state index contributed by atoms with van der Waals surface area (Å²) in [6.07, 6.45) is 2.74. The quantitative estimate of drug-likeness (QED) is 0.377. The Hall–Kier alpha value is -1.26. The Morgan fingerprint density at radius 1 is 1.14 bits per heavy atom. The summed E-state index contributed by atoms with van der Waals surface area (Å²) in [5.41, 5.74) is 2.37. The van der Waals surface area contributed by atoms with Gasteiger partial charge in [0.25, 0.3) is 0 Å². The molecule has 2 aliphatic heterocycles. The first-order chi connectivity index (χ1) is 13.1. The van der Waals surface area contributed by atoms with Crippen LogP contribution in [0.25, 0.3) is 0 Å². The van der Waals surface area contributed by atoms with E-state index in [9.17, 15) is 0 Å². The first-order valence-electron chi connectivity index (χ1n) is 9.47. The number of fused-ring (bicyclic) bond motifs is 1. The van der Waals surface area contributed by atoms with Crippen LogP contribution in [0.15, 0.2) is 17.1 Å². The average Bonchev–Trinajstić information content (AvgIpc) is 2.73. The number of hydrogen-bond donors (Lipinski definition) is 1. The molecule has 3 rings (SSSR count). The summed E-state index contributed by atoms with van der Waals surface area (Å²) in [6.45, 7) is 3.91. The monoisotopic (exact) mass is 505 g/mol. The Bertz CT molecular complexity index is 678. The lowest BCUT2D eigenvalue weighted by atomic mass is 9.94. The molecule has 7 nitrogen and oxygen atoms in total. The van der Waals surface area contributed by atoms with Crippen molar-refractivity contribution in [3.8, 4) is 11.5 Å². The van der Waals surface area contributed by atoms with Gasteiger partial charge < -0.3 is 29.2 Å². The topological polar surface area (TPSA) is 64.6 Å². The van der Waals surface area contributed by atoms with Crippen molar-refractivity contribution in [2.24, 2.45) is 4.99 Å². The molecule has 158 valence electrons. The lowest BCUT2D eigenvalue weighted by molar-refractivity contribution is -0.0857. The van der Waals surface area contributed by atoms with Gasteiger partial charge in [0.15, 0.2) is 17.5 Å². The van der Waals surface area contributed by atoms with Gasteiger partial charge in [0.2, 0.25) is 0 Å². The number of nitrogens with one attached hydrogen (secondary N) is 1. The fourth-order valence-corrected chi connectivity index (χ4v) is 3.83. The molecule has 0 unspecified atom stereocenters. The summed E-state index contributed by atoms with van der Waals surface area (Å²) in [7, 11) is 6.96. The van der Waals surface area contributed by atoms with Gasteiger partial charge in [-0.1, -0.05) is 0 Å². The highest BCUT2D eigenvalue weighted by atomic mass is 127. The van der Waals surface area contributed by atoms with Crippen molar-refractivity contribution in [2.45, 2.75) is 31.4 Å². The van der Waals surface area contributed by atoms with Gasteiger partial charge in [0, 0.05) is 59.8 Å². The third-order valence-electron chi connectivity index (χ3n) is 5.64. The number of hydrogen-bond acceptors (Lipinski definition) is 5. The largest absolute Gasteiger partial charge is 0.493 e. The van der Waals surface area contributed by atoms with Gasteiger partial charge in [-0.2, -0.15) is 0 Å². The zero-order chi connectivity index (χ0) is 19.3. The highest BCUT2D eigenvalue weighted by Gasteiger charge is 2.33. The molecule has 1 aromatic rings. The molecule has 2 heterocycles. The van der Waals surface area contributed by atoms with E-state index in [0.717, 1.165) is 69.6 Å². The number of halogens is 1. The Morgan fingerprint density at radius 2 is 1.79 bits per heavy atom. The molecule has 0 atom stereocenters. The Balaban J connectivity index is 0.00000280. The summed E-state index contributed by atoms with van der Waals surface area (Å²) in [4.78, 5) is 6.77. The summed E-state index contributed by atoms with van der Waals surface area (Å²) in [5, 5.41) is 3.52.